The predicted molar refractivity (Wildman–Crippen MR) is 102 cm³/mol. The van der Waals surface area contributed by atoms with Crippen LogP contribution in [0, 0.1) is 17.1 Å². The highest BCUT2D eigenvalue weighted by Gasteiger charge is 2.30. The van der Waals surface area contributed by atoms with Gasteiger partial charge in [-0.2, -0.15) is 20.6 Å². The molecule has 0 saturated heterocycles. The molecule has 4 aromatic rings. The number of hydrogen-bond acceptors (Lipinski definition) is 5. The molecule has 154 valence electrons. The number of alkyl halides is 2. The molecule has 0 aliphatic heterocycles. The second-order valence-corrected chi connectivity index (χ2v) is 7.35. The standard InChI is InChI=1S/C19H17F3N8/c1-19(2,9-23)10-6-13(18-11(20)7-25-29(18)3)26-16-15(12-4-5-24-27-12)28-30(17(10)16)8-14(21)22/h4-7,14H,8H2,1-3H3,(H,24,27). The lowest BCUT2D eigenvalue weighted by atomic mass is 9.85. The molecule has 0 aliphatic rings. The molecular weight excluding hydrogens is 397 g/mol. The van der Waals surface area contributed by atoms with E-state index in [-0.39, 0.29) is 28.1 Å². The quantitative estimate of drug-likeness (QED) is 0.539. The van der Waals surface area contributed by atoms with Crippen LogP contribution in [-0.2, 0) is 19.0 Å². The van der Waals surface area contributed by atoms with E-state index in [1.54, 1.807) is 27.0 Å². The maximum Gasteiger partial charge on any atom is 0.257 e. The summed E-state index contributed by atoms with van der Waals surface area (Å²) >= 11 is 0. The fourth-order valence-corrected chi connectivity index (χ4v) is 3.37. The molecule has 4 aromatic heterocycles. The van der Waals surface area contributed by atoms with Gasteiger partial charge in [0.15, 0.2) is 5.82 Å². The van der Waals surface area contributed by atoms with E-state index >= 15 is 0 Å². The van der Waals surface area contributed by atoms with Crippen molar-refractivity contribution in [1.82, 2.24) is 34.7 Å². The molecule has 0 spiro atoms. The SMILES string of the molecule is Cn1ncc(F)c1-c1cc(C(C)(C)C#N)c2c(n1)c(-c1ccn[nH]1)nn2CC(F)F. The Bertz CT molecular complexity index is 1240. The summed E-state index contributed by atoms with van der Waals surface area (Å²) in [5.41, 5.74) is 0.945. The first-order chi connectivity index (χ1) is 14.2. The Hall–Kier alpha value is -3.68. The third kappa shape index (κ3) is 3.10. The van der Waals surface area contributed by atoms with Crippen molar-refractivity contribution in [2.45, 2.75) is 32.2 Å². The Balaban J connectivity index is 2.14. The van der Waals surface area contributed by atoms with Crippen LogP contribution in [0.25, 0.3) is 33.8 Å². The van der Waals surface area contributed by atoms with Crippen molar-refractivity contribution in [3.63, 3.8) is 0 Å². The van der Waals surface area contributed by atoms with E-state index in [0.29, 0.717) is 11.3 Å². The highest BCUT2D eigenvalue weighted by Crippen LogP contribution is 2.37. The van der Waals surface area contributed by atoms with Gasteiger partial charge in [-0.05, 0) is 26.0 Å². The number of fused-ring (bicyclic) bond motifs is 1. The third-order valence-electron chi connectivity index (χ3n) is 4.85. The number of aromatic amines is 1. The second kappa shape index (κ2) is 6.98. The first kappa shape index (κ1) is 19.6. The summed E-state index contributed by atoms with van der Waals surface area (Å²) in [6, 6.07) is 5.34. The van der Waals surface area contributed by atoms with Crippen LogP contribution < -0.4 is 0 Å². The number of nitrogens with one attached hydrogen (secondary N) is 1. The molecule has 1 N–H and O–H groups in total. The molecule has 0 fully saturated rings. The zero-order valence-electron chi connectivity index (χ0n) is 16.4. The van der Waals surface area contributed by atoms with E-state index in [1.165, 1.54) is 16.9 Å². The number of nitrogens with zero attached hydrogens (tertiary/aromatic N) is 7. The van der Waals surface area contributed by atoms with Gasteiger partial charge in [0.2, 0.25) is 0 Å². The van der Waals surface area contributed by atoms with Gasteiger partial charge >= 0.3 is 0 Å². The van der Waals surface area contributed by atoms with Crippen molar-refractivity contribution in [1.29, 1.82) is 5.26 Å². The average molecular weight is 414 g/mol. The van der Waals surface area contributed by atoms with E-state index < -0.39 is 24.2 Å². The molecular formula is C19H17F3N8. The summed E-state index contributed by atoms with van der Waals surface area (Å²) in [7, 11) is 1.56. The van der Waals surface area contributed by atoms with E-state index in [1.807, 2.05) is 0 Å². The van der Waals surface area contributed by atoms with Crippen LogP contribution in [0.4, 0.5) is 13.2 Å². The maximum atomic E-state index is 14.4. The van der Waals surface area contributed by atoms with E-state index in [0.717, 1.165) is 10.9 Å². The summed E-state index contributed by atoms with van der Waals surface area (Å²) < 4.78 is 43.5. The van der Waals surface area contributed by atoms with Gasteiger partial charge in [0, 0.05) is 18.8 Å². The Morgan fingerprint density at radius 3 is 2.67 bits per heavy atom. The average Bonchev–Trinajstić information content (AvgIpc) is 3.41. The van der Waals surface area contributed by atoms with Crippen molar-refractivity contribution < 1.29 is 13.2 Å². The molecule has 8 nitrogen and oxygen atoms in total. The van der Waals surface area contributed by atoms with E-state index in [2.05, 4.69) is 31.4 Å². The number of nitriles is 1. The molecule has 0 radical (unpaired) electrons. The molecule has 30 heavy (non-hydrogen) atoms. The van der Waals surface area contributed by atoms with Crippen molar-refractivity contribution in [3.8, 4) is 28.8 Å². The zero-order valence-corrected chi connectivity index (χ0v) is 16.4. The molecule has 0 bridgehead atoms. The van der Waals surface area contributed by atoms with Crippen LogP contribution >= 0.6 is 0 Å². The van der Waals surface area contributed by atoms with Crippen molar-refractivity contribution >= 4 is 11.0 Å². The van der Waals surface area contributed by atoms with Gasteiger partial charge in [-0.3, -0.25) is 14.5 Å². The third-order valence-corrected chi connectivity index (χ3v) is 4.85. The lowest BCUT2D eigenvalue weighted by Crippen LogP contribution is -2.18. The number of hydrogen-bond donors (Lipinski definition) is 1. The van der Waals surface area contributed by atoms with Gasteiger partial charge in [-0.1, -0.05) is 0 Å². The minimum atomic E-state index is -2.67. The number of aryl methyl sites for hydroxylation is 1. The Morgan fingerprint density at radius 2 is 2.10 bits per heavy atom. The minimum Gasteiger partial charge on any atom is -0.276 e. The first-order valence-corrected chi connectivity index (χ1v) is 9.02. The number of pyridine rings is 1. The topological polar surface area (TPSA) is 101 Å². The van der Waals surface area contributed by atoms with Gasteiger partial charge < -0.3 is 0 Å². The summed E-state index contributed by atoms with van der Waals surface area (Å²) in [5.74, 6) is -0.590. The fraction of sp³-hybridized carbons (Fsp3) is 0.316. The molecule has 4 rings (SSSR count). The molecule has 0 unspecified atom stereocenters. The predicted octanol–water partition coefficient (Wildman–Crippen LogP) is 3.43. The lowest BCUT2D eigenvalue weighted by Gasteiger charge is -2.19. The number of aromatic nitrogens is 7. The summed E-state index contributed by atoms with van der Waals surface area (Å²) in [6.45, 7) is 2.63. The number of H-pyrrole nitrogens is 1. The molecule has 0 atom stereocenters. The van der Waals surface area contributed by atoms with Crippen LogP contribution in [0.5, 0.6) is 0 Å². The van der Waals surface area contributed by atoms with Crippen LogP contribution in [0.2, 0.25) is 0 Å². The summed E-state index contributed by atoms with van der Waals surface area (Å²) in [5, 5.41) is 24.6. The lowest BCUT2D eigenvalue weighted by molar-refractivity contribution is 0.123. The number of halogens is 3. The Labute approximate surface area is 169 Å². The highest BCUT2D eigenvalue weighted by molar-refractivity contribution is 5.93. The van der Waals surface area contributed by atoms with Gasteiger partial charge in [0.1, 0.15) is 23.4 Å². The van der Waals surface area contributed by atoms with E-state index in [9.17, 15) is 18.4 Å². The van der Waals surface area contributed by atoms with E-state index in [4.69, 9.17) is 0 Å². The van der Waals surface area contributed by atoms with Gasteiger partial charge in [0.05, 0.1) is 34.6 Å². The maximum absolute atomic E-state index is 14.4. The molecule has 0 amide bonds. The normalized spacial score (nSPS) is 12.1. The van der Waals surface area contributed by atoms with Gasteiger partial charge in [-0.15, -0.1) is 0 Å². The smallest absolute Gasteiger partial charge is 0.257 e. The first-order valence-electron chi connectivity index (χ1n) is 9.02. The van der Waals surface area contributed by atoms with Crippen LogP contribution in [-0.4, -0.2) is 41.2 Å². The molecule has 0 saturated carbocycles. The molecule has 4 heterocycles. The van der Waals surface area contributed by atoms with Crippen molar-refractivity contribution in [2.75, 3.05) is 0 Å². The van der Waals surface area contributed by atoms with Crippen LogP contribution in [0.3, 0.4) is 0 Å². The van der Waals surface area contributed by atoms with Crippen molar-refractivity contribution in [3.05, 3.63) is 35.9 Å². The Kier molecular flexibility index (Phi) is 4.57. The Morgan fingerprint density at radius 1 is 1.33 bits per heavy atom. The summed E-state index contributed by atoms with van der Waals surface area (Å²) in [4.78, 5) is 4.55. The highest BCUT2D eigenvalue weighted by atomic mass is 19.3. The second-order valence-electron chi connectivity index (χ2n) is 7.35. The monoisotopic (exact) mass is 414 g/mol. The number of rotatable bonds is 5. The zero-order chi connectivity index (χ0) is 21.6. The fourth-order valence-electron chi connectivity index (χ4n) is 3.37. The largest absolute Gasteiger partial charge is 0.276 e. The van der Waals surface area contributed by atoms with Gasteiger partial charge in [-0.25, -0.2) is 18.2 Å². The van der Waals surface area contributed by atoms with Crippen molar-refractivity contribution in [2.24, 2.45) is 7.05 Å². The van der Waals surface area contributed by atoms with Crippen LogP contribution in [0.15, 0.2) is 24.5 Å². The van der Waals surface area contributed by atoms with Gasteiger partial charge in [0.25, 0.3) is 6.43 Å². The van der Waals surface area contributed by atoms with Crippen LogP contribution in [0.1, 0.15) is 19.4 Å². The molecule has 0 aliphatic carbocycles. The molecule has 0 aromatic carbocycles. The minimum absolute atomic E-state index is 0.115. The summed E-state index contributed by atoms with van der Waals surface area (Å²) in [6.07, 6.45) is -0.111. The molecule has 11 heteroatoms.